The molecule has 0 aliphatic carbocycles. The highest BCUT2D eigenvalue weighted by atomic mass is 79.9. The molecule has 0 spiro atoms. The van der Waals surface area contributed by atoms with Gasteiger partial charge in [-0.1, -0.05) is 15.9 Å². The first-order chi connectivity index (χ1) is 11.2. The molecule has 1 saturated heterocycles. The van der Waals surface area contributed by atoms with E-state index in [0.29, 0.717) is 13.0 Å². The molecule has 1 amide bonds. The van der Waals surface area contributed by atoms with Crippen molar-refractivity contribution in [3.63, 3.8) is 0 Å². The Hall–Kier alpha value is -1.53. The Morgan fingerprint density at radius 1 is 1.42 bits per heavy atom. The van der Waals surface area contributed by atoms with Crippen molar-refractivity contribution in [3.05, 3.63) is 39.6 Å². The maximum atomic E-state index is 12.6. The number of ether oxygens (including phenoxy) is 2. The van der Waals surface area contributed by atoms with Crippen molar-refractivity contribution in [2.75, 3.05) is 6.54 Å². The van der Waals surface area contributed by atoms with E-state index in [2.05, 4.69) is 15.9 Å². The van der Waals surface area contributed by atoms with Crippen molar-refractivity contribution in [1.29, 1.82) is 0 Å². The molecule has 2 aliphatic rings. The number of likely N-dealkylation sites (tertiary alicyclic amines) is 1. The zero-order chi connectivity index (χ0) is 17.5. The molecule has 1 aromatic carbocycles. The Balaban J connectivity index is 1.96. The largest absolute Gasteiger partial charge is 0.496 e. The van der Waals surface area contributed by atoms with Crippen LogP contribution in [0.2, 0.25) is 0 Å². The Labute approximate surface area is 150 Å². The van der Waals surface area contributed by atoms with Gasteiger partial charge in [0.1, 0.15) is 12.2 Å². The molecule has 3 rings (SSSR count). The second-order valence-electron chi connectivity index (χ2n) is 7.21. The average Bonchev–Trinajstić information content (AvgIpc) is 2.86. The van der Waals surface area contributed by atoms with Crippen LogP contribution in [0.25, 0.3) is 6.08 Å². The predicted molar refractivity (Wildman–Crippen MR) is 94.3 cm³/mol. The number of β-amino-alcohol motifs (C(OH)–C–C–N with tert-alkyl or cyclic N) is 1. The van der Waals surface area contributed by atoms with Gasteiger partial charge in [-0.2, -0.15) is 0 Å². The molecule has 0 bridgehead atoms. The minimum atomic E-state index is -0.572. The lowest BCUT2D eigenvalue weighted by Gasteiger charge is -2.30. The van der Waals surface area contributed by atoms with E-state index in [-0.39, 0.29) is 12.6 Å². The molecule has 1 N–H and O–H groups in total. The van der Waals surface area contributed by atoms with Crippen LogP contribution in [0.4, 0.5) is 4.79 Å². The van der Waals surface area contributed by atoms with Crippen LogP contribution in [-0.2, 0) is 16.1 Å². The molecular formula is C18H22BrNO4. The summed E-state index contributed by atoms with van der Waals surface area (Å²) in [5, 5.41) is 10.1. The quantitative estimate of drug-likeness (QED) is 0.780. The van der Waals surface area contributed by atoms with Crippen LogP contribution in [0.1, 0.15) is 49.9 Å². The summed E-state index contributed by atoms with van der Waals surface area (Å²) in [6.45, 7) is 6.25. The molecule has 0 aromatic heterocycles. The Morgan fingerprint density at radius 2 is 2.17 bits per heavy atom. The van der Waals surface area contributed by atoms with Crippen LogP contribution in [0.5, 0.6) is 0 Å². The number of carbonyl (C=O) groups is 1. The van der Waals surface area contributed by atoms with Crippen LogP contribution in [-0.4, -0.2) is 34.3 Å². The maximum absolute atomic E-state index is 12.6. The molecule has 2 aliphatic heterocycles. The van der Waals surface area contributed by atoms with Gasteiger partial charge in [0.15, 0.2) is 0 Å². The smallest absolute Gasteiger partial charge is 0.410 e. The fraction of sp³-hybridized carbons (Fsp3) is 0.500. The molecule has 1 aromatic rings. The number of carbonyl (C=O) groups excluding carboxylic acids is 1. The number of aliphatic hydroxyl groups excluding tert-OH is 1. The van der Waals surface area contributed by atoms with Gasteiger partial charge >= 0.3 is 6.09 Å². The fourth-order valence-electron chi connectivity index (χ4n) is 3.18. The van der Waals surface area contributed by atoms with Gasteiger partial charge in [-0.05, 0) is 56.5 Å². The summed E-state index contributed by atoms with van der Waals surface area (Å²) in [7, 11) is 0. The highest BCUT2D eigenvalue weighted by Gasteiger charge is 2.39. The van der Waals surface area contributed by atoms with E-state index in [1.165, 1.54) is 0 Å². The molecular weight excluding hydrogens is 374 g/mol. The Bertz CT molecular complexity index is 680. The summed E-state index contributed by atoms with van der Waals surface area (Å²) in [5.41, 5.74) is 2.54. The summed E-state index contributed by atoms with van der Waals surface area (Å²) in [6.07, 6.45) is 3.12. The number of hydrogen-bond acceptors (Lipinski definition) is 4. The second-order valence-corrected chi connectivity index (χ2v) is 8.13. The number of rotatable bonds is 1. The van der Waals surface area contributed by atoms with Crippen molar-refractivity contribution >= 4 is 28.1 Å². The molecule has 0 radical (unpaired) electrons. The van der Waals surface area contributed by atoms with Gasteiger partial charge in [0, 0.05) is 10.0 Å². The number of fused-ring (bicyclic) bond motifs is 1. The topological polar surface area (TPSA) is 59.0 Å². The number of nitrogens with zero attached hydrogens (tertiary/aromatic N) is 1. The van der Waals surface area contributed by atoms with E-state index in [1.54, 1.807) is 11.2 Å². The SMILES string of the molecule is CC(C)(C)OC(=O)N1CC(O)CC1c1cc(Br)cc2c1COC=C2. The van der Waals surface area contributed by atoms with Crippen LogP contribution < -0.4 is 0 Å². The lowest BCUT2D eigenvalue weighted by molar-refractivity contribution is 0.0205. The van der Waals surface area contributed by atoms with E-state index in [1.807, 2.05) is 39.0 Å². The lowest BCUT2D eigenvalue weighted by Crippen LogP contribution is -2.37. The van der Waals surface area contributed by atoms with Crippen molar-refractivity contribution in [3.8, 4) is 0 Å². The molecule has 130 valence electrons. The van der Waals surface area contributed by atoms with E-state index < -0.39 is 17.8 Å². The van der Waals surface area contributed by atoms with Crippen molar-refractivity contribution in [1.82, 2.24) is 4.90 Å². The highest BCUT2D eigenvalue weighted by Crippen LogP contribution is 2.39. The van der Waals surface area contributed by atoms with Crippen LogP contribution >= 0.6 is 15.9 Å². The number of aliphatic hydroxyl groups is 1. The molecule has 0 saturated carbocycles. The first kappa shape index (κ1) is 17.3. The molecule has 2 atom stereocenters. The normalized spacial score (nSPS) is 23.0. The van der Waals surface area contributed by atoms with Crippen molar-refractivity contribution in [2.24, 2.45) is 0 Å². The Kier molecular flexibility index (Phi) is 4.62. The fourth-order valence-corrected chi connectivity index (χ4v) is 3.67. The minimum absolute atomic E-state index is 0.226. The van der Waals surface area contributed by atoms with Crippen LogP contribution in [0, 0.1) is 0 Å². The monoisotopic (exact) mass is 395 g/mol. The molecule has 2 heterocycles. The van der Waals surface area contributed by atoms with Crippen molar-refractivity contribution < 1.29 is 19.4 Å². The molecule has 5 nitrogen and oxygen atoms in total. The predicted octanol–water partition coefficient (Wildman–Crippen LogP) is 3.99. The Morgan fingerprint density at radius 3 is 2.88 bits per heavy atom. The van der Waals surface area contributed by atoms with Gasteiger partial charge in [0.25, 0.3) is 0 Å². The minimum Gasteiger partial charge on any atom is -0.496 e. The molecule has 2 unspecified atom stereocenters. The first-order valence-electron chi connectivity index (χ1n) is 8.03. The maximum Gasteiger partial charge on any atom is 0.410 e. The first-order valence-corrected chi connectivity index (χ1v) is 8.82. The summed E-state index contributed by atoms with van der Waals surface area (Å²) in [5.74, 6) is 0. The van der Waals surface area contributed by atoms with Gasteiger partial charge in [-0.3, -0.25) is 4.90 Å². The molecule has 1 fully saturated rings. The van der Waals surface area contributed by atoms with Crippen molar-refractivity contribution in [2.45, 2.75) is 51.5 Å². The number of amides is 1. The average molecular weight is 396 g/mol. The number of hydrogen-bond donors (Lipinski definition) is 1. The van der Waals surface area contributed by atoms with Gasteiger partial charge in [-0.15, -0.1) is 0 Å². The van der Waals surface area contributed by atoms with Crippen LogP contribution in [0.15, 0.2) is 22.9 Å². The zero-order valence-electron chi connectivity index (χ0n) is 14.1. The van der Waals surface area contributed by atoms with E-state index in [4.69, 9.17) is 9.47 Å². The summed E-state index contributed by atoms with van der Waals surface area (Å²) < 4.78 is 11.9. The summed E-state index contributed by atoms with van der Waals surface area (Å²) in [6, 6.07) is 3.80. The standard InChI is InChI=1S/C18H22BrNO4/c1-18(2,3)24-17(22)20-9-13(21)8-16(20)14-7-12(19)6-11-4-5-23-10-15(11)14/h4-7,13,16,21H,8-10H2,1-3H3. The van der Waals surface area contributed by atoms with Gasteiger partial charge in [0.2, 0.25) is 0 Å². The summed E-state index contributed by atoms with van der Waals surface area (Å²) >= 11 is 3.54. The van der Waals surface area contributed by atoms with E-state index in [9.17, 15) is 9.90 Å². The third kappa shape index (κ3) is 3.59. The second kappa shape index (κ2) is 6.41. The summed E-state index contributed by atoms with van der Waals surface area (Å²) in [4.78, 5) is 14.2. The number of halogens is 1. The van der Waals surface area contributed by atoms with Gasteiger partial charge in [0.05, 0.1) is 25.0 Å². The van der Waals surface area contributed by atoms with E-state index in [0.717, 1.165) is 21.2 Å². The van der Waals surface area contributed by atoms with Crippen LogP contribution in [0.3, 0.4) is 0 Å². The van der Waals surface area contributed by atoms with Gasteiger partial charge in [-0.25, -0.2) is 4.79 Å². The van der Waals surface area contributed by atoms with Gasteiger partial charge < -0.3 is 14.6 Å². The number of benzene rings is 1. The zero-order valence-corrected chi connectivity index (χ0v) is 15.7. The molecule has 6 heteroatoms. The lowest BCUT2D eigenvalue weighted by atomic mass is 9.93. The third-order valence-electron chi connectivity index (χ3n) is 4.12. The van der Waals surface area contributed by atoms with E-state index >= 15 is 0 Å². The third-order valence-corrected chi connectivity index (χ3v) is 4.58. The highest BCUT2D eigenvalue weighted by molar-refractivity contribution is 9.10. The molecule has 24 heavy (non-hydrogen) atoms.